The van der Waals surface area contributed by atoms with Gasteiger partial charge in [0.25, 0.3) is 0 Å². The lowest BCUT2D eigenvalue weighted by Gasteiger charge is -2.39. The number of piperidine rings is 1. The average molecular weight is 461 g/mol. The smallest absolute Gasteiger partial charge is 0.317 e. The number of nitrogens with one attached hydrogen (secondary N) is 1. The van der Waals surface area contributed by atoms with Crippen molar-refractivity contribution >= 4 is 17.7 Å². The van der Waals surface area contributed by atoms with Crippen molar-refractivity contribution < 1.29 is 19.4 Å². The maximum Gasteiger partial charge on any atom is 0.317 e. The van der Waals surface area contributed by atoms with Crippen LogP contribution in [0.15, 0.2) is 30.3 Å². The lowest BCUT2D eigenvalue weighted by molar-refractivity contribution is -0.139. The van der Waals surface area contributed by atoms with Gasteiger partial charge in [-0.2, -0.15) is 0 Å². The van der Waals surface area contributed by atoms with Gasteiger partial charge < -0.3 is 25.0 Å². The van der Waals surface area contributed by atoms with E-state index in [2.05, 4.69) is 39.4 Å². The zero-order chi connectivity index (χ0) is 23.6. The molecule has 2 amide bonds. The van der Waals surface area contributed by atoms with E-state index >= 15 is 0 Å². The van der Waals surface area contributed by atoms with Gasteiger partial charge in [0.1, 0.15) is 0 Å². The van der Waals surface area contributed by atoms with Crippen molar-refractivity contribution in [2.24, 2.45) is 11.8 Å². The number of hydrogen-bond donors (Lipinski definition) is 2. The van der Waals surface area contributed by atoms with Gasteiger partial charge in [-0.15, -0.1) is 0 Å². The highest BCUT2D eigenvalue weighted by Crippen LogP contribution is 2.30. The Morgan fingerprint density at radius 3 is 2.52 bits per heavy atom. The molecule has 2 saturated heterocycles. The lowest BCUT2D eigenvalue weighted by Crippen LogP contribution is -2.50. The molecule has 2 aliphatic rings. The number of urea groups is 1. The van der Waals surface area contributed by atoms with Gasteiger partial charge in [0, 0.05) is 64.0 Å². The Hall–Kier alpha value is -2.32. The van der Waals surface area contributed by atoms with Crippen molar-refractivity contribution in [1.82, 2.24) is 15.1 Å². The van der Waals surface area contributed by atoms with Gasteiger partial charge in [-0.05, 0) is 50.7 Å². The van der Waals surface area contributed by atoms with Crippen LogP contribution >= 0.6 is 0 Å². The number of aliphatic carboxylic acids is 1. The molecule has 33 heavy (non-hydrogen) atoms. The average Bonchev–Trinajstić information content (AvgIpc) is 2.80. The number of carboxylic acid groups (broad SMARTS) is 1. The normalized spacial score (nSPS) is 21.7. The number of para-hydroxylation sites is 1. The van der Waals surface area contributed by atoms with E-state index in [0.29, 0.717) is 13.1 Å². The van der Waals surface area contributed by atoms with Gasteiger partial charge in [-0.25, -0.2) is 4.79 Å². The van der Waals surface area contributed by atoms with E-state index in [1.54, 1.807) is 0 Å². The molecule has 0 saturated carbocycles. The summed E-state index contributed by atoms with van der Waals surface area (Å²) in [6.07, 6.45) is 1.77. The summed E-state index contributed by atoms with van der Waals surface area (Å²) in [5, 5.41) is 12.4. The number of ether oxygens (including phenoxy) is 1. The quantitative estimate of drug-likeness (QED) is 0.559. The van der Waals surface area contributed by atoms with Crippen LogP contribution in [0.5, 0.6) is 0 Å². The lowest BCUT2D eigenvalue weighted by atomic mass is 9.81. The largest absolute Gasteiger partial charge is 0.481 e. The van der Waals surface area contributed by atoms with Crippen LogP contribution in [-0.2, 0) is 9.53 Å². The molecular weight excluding hydrogens is 420 g/mol. The standard InChI is InChI=1S/C25H40N4O4/c1-20(2)26-25(32)29-11-8-21(18-24(30)31)22(19-29)9-10-28(23-6-4-3-5-7-23)13-12-27-14-16-33-17-15-27/h3-7,20-22H,8-19H2,1-2H3,(H,26,32)(H,30,31). The molecule has 2 heterocycles. The molecule has 2 atom stereocenters. The zero-order valence-electron chi connectivity index (χ0n) is 20.1. The third kappa shape index (κ3) is 8.19. The summed E-state index contributed by atoms with van der Waals surface area (Å²) in [6.45, 7) is 11.4. The molecule has 2 N–H and O–H groups in total. The van der Waals surface area contributed by atoms with Gasteiger partial charge in [-0.3, -0.25) is 9.69 Å². The van der Waals surface area contributed by atoms with Crippen molar-refractivity contribution in [3.8, 4) is 0 Å². The minimum absolute atomic E-state index is 0.0454. The first-order chi connectivity index (χ1) is 15.9. The van der Waals surface area contributed by atoms with Crippen LogP contribution in [0.2, 0.25) is 0 Å². The number of hydrogen-bond acceptors (Lipinski definition) is 5. The minimum atomic E-state index is -0.752. The number of likely N-dealkylation sites (tertiary alicyclic amines) is 1. The highest BCUT2D eigenvalue weighted by atomic mass is 16.5. The van der Waals surface area contributed by atoms with Gasteiger partial charge >= 0.3 is 12.0 Å². The van der Waals surface area contributed by atoms with Gasteiger partial charge in [0.15, 0.2) is 0 Å². The van der Waals surface area contributed by atoms with Gasteiger partial charge in [-0.1, -0.05) is 18.2 Å². The number of morpholine rings is 1. The van der Waals surface area contributed by atoms with E-state index in [9.17, 15) is 14.7 Å². The third-order valence-electron chi connectivity index (χ3n) is 6.71. The SMILES string of the molecule is CC(C)NC(=O)N1CCC(CC(=O)O)C(CCN(CCN2CCOCC2)c2ccccc2)C1. The maximum atomic E-state index is 12.6. The van der Waals surface area contributed by atoms with Crippen LogP contribution in [0, 0.1) is 11.8 Å². The molecule has 0 spiro atoms. The minimum Gasteiger partial charge on any atom is -0.481 e. The monoisotopic (exact) mass is 460 g/mol. The van der Waals surface area contributed by atoms with E-state index in [0.717, 1.165) is 58.8 Å². The third-order valence-corrected chi connectivity index (χ3v) is 6.71. The summed E-state index contributed by atoms with van der Waals surface area (Å²) < 4.78 is 5.47. The molecule has 0 radical (unpaired) electrons. The molecule has 8 heteroatoms. The predicted molar refractivity (Wildman–Crippen MR) is 130 cm³/mol. The molecule has 0 aliphatic carbocycles. The number of benzene rings is 1. The van der Waals surface area contributed by atoms with E-state index in [1.165, 1.54) is 5.69 Å². The zero-order valence-corrected chi connectivity index (χ0v) is 20.1. The second-order valence-electron chi connectivity index (χ2n) is 9.52. The molecule has 8 nitrogen and oxygen atoms in total. The molecule has 2 aliphatic heterocycles. The number of nitrogens with zero attached hydrogens (tertiary/aromatic N) is 3. The molecule has 1 aromatic carbocycles. The molecule has 2 fully saturated rings. The summed E-state index contributed by atoms with van der Waals surface area (Å²) in [5.41, 5.74) is 1.19. The fourth-order valence-corrected chi connectivity index (χ4v) is 4.84. The highest BCUT2D eigenvalue weighted by molar-refractivity contribution is 5.74. The highest BCUT2D eigenvalue weighted by Gasteiger charge is 2.33. The summed E-state index contributed by atoms with van der Waals surface area (Å²) in [6, 6.07) is 10.5. The first kappa shape index (κ1) is 25.3. The van der Waals surface area contributed by atoms with Crippen molar-refractivity contribution in [2.45, 2.75) is 39.2 Å². The van der Waals surface area contributed by atoms with E-state index in [-0.39, 0.29) is 30.3 Å². The predicted octanol–water partition coefficient (Wildman–Crippen LogP) is 2.75. The number of amides is 2. The topological polar surface area (TPSA) is 85.3 Å². The van der Waals surface area contributed by atoms with E-state index in [1.807, 2.05) is 24.8 Å². The first-order valence-electron chi connectivity index (χ1n) is 12.3. The Bertz CT molecular complexity index is 739. The number of rotatable bonds is 10. The van der Waals surface area contributed by atoms with Crippen LogP contribution < -0.4 is 10.2 Å². The molecule has 3 rings (SSSR count). The van der Waals surface area contributed by atoms with E-state index in [4.69, 9.17) is 4.74 Å². The Morgan fingerprint density at radius 2 is 1.85 bits per heavy atom. The van der Waals surface area contributed by atoms with Crippen molar-refractivity contribution in [2.75, 3.05) is 63.9 Å². The number of carbonyl (C=O) groups is 2. The summed E-state index contributed by atoms with van der Waals surface area (Å²) in [4.78, 5) is 30.8. The van der Waals surface area contributed by atoms with Crippen LogP contribution in [0.4, 0.5) is 10.5 Å². The second kappa shape index (κ2) is 12.8. The van der Waals surface area contributed by atoms with Gasteiger partial charge in [0.2, 0.25) is 0 Å². The Labute approximate surface area is 197 Å². The number of anilines is 1. The fraction of sp³-hybridized carbons (Fsp3) is 0.680. The molecule has 184 valence electrons. The number of carboxylic acids is 1. The second-order valence-corrected chi connectivity index (χ2v) is 9.52. The molecular formula is C25H40N4O4. The van der Waals surface area contributed by atoms with Crippen LogP contribution in [0.3, 0.4) is 0 Å². The molecule has 0 bridgehead atoms. The number of carbonyl (C=O) groups excluding carboxylic acids is 1. The van der Waals surface area contributed by atoms with Crippen molar-refractivity contribution in [3.05, 3.63) is 30.3 Å². The van der Waals surface area contributed by atoms with Crippen LogP contribution in [0.25, 0.3) is 0 Å². The van der Waals surface area contributed by atoms with Crippen molar-refractivity contribution in [3.63, 3.8) is 0 Å². The van der Waals surface area contributed by atoms with Crippen LogP contribution in [0.1, 0.15) is 33.1 Å². The summed E-state index contributed by atoms with van der Waals surface area (Å²) in [7, 11) is 0. The molecule has 0 aromatic heterocycles. The molecule has 1 aromatic rings. The maximum absolute atomic E-state index is 12.6. The fourth-order valence-electron chi connectivity index (χ4n) is 4.84. The summed E-state index contributed by atoms with van der Waals surface area (Å²) >= 11 is 0. The first-order valence-corrected chi connectivity index (χ1v) is 12.3. The summed E-state index contributed by atoms with van der Waals surface area (Å²) in [5.74, 6) is -0.484. The van der Waals surface area contributed by atoms with Crippen LogP contribution in [-0.4, -0.2) is 92.0 Å². The van der Waals surface area contributed by atoms with E-state index < -0.39 is 5.97 Å². The Kier molecular flexibility index (Phi) is 9.81. The molecule has 2 unspecified atom stereocenters. The Morgan fingerprint density at radius 1 is 1.12 bits per heavy atom. The Balaban J connectivity index is 1.64. The van der Waals surface area contributed by atoms with Crippen molar-refractivity contribution in [1.29, 1.82) is 0 Å². The van der Waals surface area contributed by atoms with Gasteiger partial charge in [0.05, 0.1) is 13.2 Å².